The molecule has 0 radical (unpaired) electrons. The fraction of sp³-hybridized carbons (Fsp3) is 0.250. The molecule has 5 nitrogen and oxygen atoms in total. The summed E-state index contributed by atoms with van der Waals surface area (Å²) in [6.07, 6.45) is 0.502. The van der Waals surface area contributed by atoms with Crippen LogP contribution in [0.25, 0.3) is 0 Å². The third-order valence-electron chi connectivity index (χ3n) is 4.14. The number of aryl methyl sites for hydroxylation is 1. The molecule has 134 valence electrons. The number of rotatable bonds is 6. The third-order valence-corrected chi connectivity index (χ3v) is 4.40. The molecule has 0 fully saturated rings. The highest BCUT2D eigenvalue weighted by molar-refractivity contribution is 6.30. The number of carbonyl (C=O) groups excluding carboxylic acids is 1. The van der Waals surface area contributed by atoms with Crippen molar-refractivity contribution in [3.8, 4) is 0 Å². The summed E-state index contributed by atoms with van der Waals surface area (Å²) in [6.45, 7) is 4.53. The Labute approximate surface area is 157 Å². The predicted octanol–water partition coefficient (Wildman–Crippen LogP) is 4.16. The van der Waals surface area contributed by atoms with E-state index in [1.54, 1.807) is 0 Å². The second-order valence-corrected chi connectivity index (χ2v) is 6.76. The molecular weight excluding hydrogens is 350 g/mol. The number of nitrogens with one attached hydrogen (secondary N) is 1. The van der Waals surface area contributed by atoms with E-state index in [-0.39, 0.29) is 17.7 Å². The van der Waals surface area contributed by atoms with Crippen molar-refractivity contribution in [1.29, 1.82) is 0 Å². The van der Waals surface area contributed by atoms with Crippen molar-refractivity contribution in [2.24, 2.45) is 0 Å². The van der Waals surface area contributed by atoms with E-state index in [4.69, 9.17) is 16.0 Å². The largest absolute Gasteiger partial charge is 0.417 e. The third kappa shape index (κ3) is 4.70. The molecule has 2 aromatic carbocycles. The van der Waals surface area contributed by atoms with Gasteiger partial charge in [-0.3, -0.25) is 4.79 Å². The highest BCUT2D eigenvalue weighted by atomic mass is 35.5. The summed E-state index contributed by atoms with van der Waals surface area (Å²) in [5, 5.41) is 11.3. The Morgan fingerprint density at radius 1 is 1.12 bits per heavy atom. The summed E-state index contributed by atoms with van der Waals surface area (Å²) in [5.41, 5.74) is 3.34. The van der Waals surface area contributed by atoms with Crippen molar-refractivity contribution < 1.29 is 9.21 Å². The first-order chi connectivity index (χ1) is 12.5. The first-order valence-electron chi connectivity index (χ1n) is 8.43. The first kappa shape index (κ1) is 18.1. The van der Waals surface area contributed by atoms with E-state index in [2.05, 4.69) is 15.5 Å². The molecule has 0 spiro atoms. The van der Waals surface area contributed by atoms with Crippen molar-refractivity contribution in [3.05, 3.63) is 82.0 Å². The zero-order chi connectivity index (χ0) is 18.5. The molecule has 0 aliphatic rings. The van der Waals surface area contributed by atoms with E-state index in [0.717, 1.165) is 11.1 Å². The Morgan fingerprint density at radius 2 is 1.81 bits per heavy atom. The standard InChI is InChI=1S/C20H20ClN3O2/c1-13-3-5-15(6-4-13)11-18-23-24-20(26-18)19(25)22-12-14(2)16-7-9-17(21)10-8-16/h3-10,14H,11-12H2,1-2H3,(H,22,25). The molecule has 0 saturated carbocycles. The number of halogens is 1. The van der Waals surface area contributed by atoms with Gasteiger partial charge >= 0.3 is 11.8 Å². The molecule has 1 amide bonds. The van der Waals surface area contributed by atoms with Gasteiger partial charge in [-0.05, 0) is 36.1 Å². The Morgan fingerprint density at radius 3 is 2.50 bits per heavy atom. The zero-order valence-corrected chi connectivity index (χ0v) is 15.5. The zero-order valence-electron chi connectivity index (χ0n) is 14.7. The molecule has 1 heterocycles. The minimum atomic E-state index is -0.367. The van der Waals surface area contributed by atoms with Crippen LogP contribution < -0.4 is 5.32 Å². The van der Waals surface area contributed by atoms with E-state index >= 15 is 0 Å². The molecule has 1 unspecified atom stereocenters. The number of hydrogen-bond donors (Lipinski definition) is 1. The van der Waals surface area contributed by atoms with Crippen molar-refractivity contribution in [2.45, 2.75) is 26.2 Å². The lowest BCUT2D eigenvalue weighted by Gasteiger charge is -2.12. The van der Waals surface area contributed by atoms with Gasteiger partial charge in [-0.15, -0.1) is 10.2 Å². The number of hydrogen-bond acceptors (Lipinski definition) is 4. The van der Waals surface area contributed by atoms with Crippen molar-refractivity contribution in [1.82, 2.24) is 15.5 Å². The van der Waals surface area contributed by atoms with E-state index in [0.29, 0.717) is 23.9 Å². The van der Waals surface area contributed by atoms with E-state index in [9.17, 15) is 4.79 Å². The Kier molecular flexibility index (Phi) is 5.68. The van der Waals surface area contributed by atoms with E-state index in [1.165, 1.54) is 5.56 Å². The smallest absolute Gasteiger partial charge is 0.308 e. The fourth-order valence-electron chi connectivity index (χ4n) is 2.53. The minimum Gasteiger partial charge on any atom is -0.417 e. The average molecular weight is 370 g/mol. The maximum atomic E-state index is 12.2. The van der Waals surface area contributed by atoms with Crippen LogP contribution in [0.1, 0.15) is 46.1 Å². The van der Waals surface area contributed by atoms with E-state index < -0.39 is 0 Å². The molecule has 0 bridgehead atoms. The lowest BCUT2D eigenvalue weighted by molar-refractivity contribution is 0.0915. The minimum absolute atomic E-state index is 0.0181. The first-order valence-corrected chi connectivity index (χ1v) is 8.80. The van der Waals surface area contributed by atoms with Gasteiger partial charge in [-0.2, -0.15) is 0 Å². The SMILES string of the molecule is Cc1ccc(Cc2nnc(C(=O)NCC(C)c3ccc(Cl)cc3)o2)cc1. The van der Waals surface area contributed by atoms with Gasteiger partial charge < -0.3 is 9.73 Å². The molecule has 1 aromatic heterocycles. The van der Waals surface area contributed by atoms with Gasteiger partial charge in [-0.25, -0.2) is 0 Å². The van der Waals surface area contributed by atoms with Crippen LogP contribution in [0.4, 0.5) is 0 Å². The molecule has 3 rings (SSSR count). The van der Waals surface area contributed by atoms with Crippen LogP contribution in [-0.4, -0.2) is 22.6 Å². The van der Waals surface area contributed by atoms with Gasteiger partial charge in [0.15, 0.2) is 0 Å². The molecule has 6 heteroatoms. The fourth-order valence-corrected chi connectivity index (χ4v) is 2.65. The van der Waals surface area contributed by atoms with Crippen molar-refractivity contribution in [3.63, 3.8) is 0 Å². The highest BCUT2D eigenvalue weighted by Gasteiger charge is 2.16. The van der Waals surface area contributed by atoms with Crippen LogP contribution in [0.15, 0.2) is 52.9 Å². The summed E-state index contributed by atoms with van der Waals surface area (Å²) in [5.74, 6) is 0.180. The monoisotopic (exact) mass is 369 g/mol. The summed E-state index contributed by atoms with van der Waals surface area (Å²) in [7, 11) is 0. The van der Waals surface area contributed by atoms with Gasteiger partial charge in [0.25, 0.3) is 0 Å². The lowest BCUT2D eigenvalue weighted by atomic mass is 10.0. The summed E-state index contributed by atoms with van der Waals surface area (Å²) in [6, 6.07) is 15.6. The number of aromatic nitrogens is 2. The van der Waals surface area contributed by atoms with Crippen molar-refractivity contribution >= 4 is 17.5 Å². The Bertz CT molecular complexity index is 873. The van der Waals surface area contributed by atoms with Crippen LogP contribution >= 0.6 is 11.6 Å². The molecule has 26 heavy (non-hydrogen) atoms. The molecule has 0 saturated heterocycles. The topological polar surface area (TPSA) is 68.0 Å². The summed E-state index contributed by atoms with van der Waals surface area (Å²) >= 11 is 5.89. The van der Waals surface area contributed by atoms with Gasteiger partial charge in [0.2, 0.25) is 5.89 Å². The normalized spacial score (nSPS) is 12.0. The van der Waals surface area contributed by atoms with Gasteiger partial charge in [-0.1, -0.05) is 60.5 Å². The lowest BCUT2D eigenvalue weighted by Crippen LogP contribution is -2.27. The summed E-state index contributed by atoms with van der Waals surface area (Å²) < 4.78 is 5.48. The number of nitrogens with zero attached hydrogens (tertiary/aromatic N) is 2. The molecule has 3 aromatic rings. The second-order valence-electron chi connectivity index (χ2n) is 6.33. The van der Waals surface area contributed by atoms with Gasteiger partial charge in [0.05, 0.1) is 6.42 Å². The number of carbonyl (C=O) groups is 1. The van der Waals surface area contributed by atoms with Gasteiger partial charge in [0, 0.05) is 11.6 Å². The van der Waals surface area contributed by atoms with Crippen LogP contribution in [0, 0.1) is 6.92 Å². The quantitative estimate of drug-likeness (QED) is 0.708. The molecule has 1 N–H and O–H groups in total. The van der Waals surface area contributed by atoms with Crippen LogP contribution in [0.2, 0.25) is 5.02 Å². The average Bonchev–Trinajstić information content (AvgIpc) is 3.10. The Balaban J connectivity index is 1.56. The second kappa shape index (κ2) is 8.15. The van der Waals surface area contributed by atoms with Crippen LogP contribution in [0.3, 0.4) is 0 Å². The van der Waals surface area contributed by atoms with Crippen LogP contribution in [-0.2, 0) is 6.42 Å². The molecule has 0 aliphatic heterocycles. The maximum absolute atomic E-state index is 12.2. The van der Waals surface area contributed by atoms with Crippen LogP contribution in [0.5, 0.6) is 0 Å². The van der Waals surface area contributed by atoms with E-state index in [1.807, 2.05) is 62.4 Å². The Hall–Kier alpha value is -2.66. The maximum Gasteiger partial charge on any atom is 0.308 e. The number of amides is 1. The van der Waals surface area contributed by atoms with Crippen molar-refractivity contribution in [2.75, 3.05) is 6.54 Å². The molecule has 0 aliphatic carbocycles. The number of benzene rings is 2. The summed E-state index contributed by atoms with van der Waals surface area (Å²) in [4.78, 5) is 12.2. The highest BCUT2D eigenvalue weighted by Crippen LogP contribution is 2.17. The molecule has 1 atom stereocenters. The predicted molar refractivity (Wildman–Crippen MR) is 100 cm³/mol. The van der Waals surface area contributed by atoms with Gasteiger partial charge in [0.1, 0.15) is 0 Å². The molecular formula is C20H20ClN3O2.